The first-order chi connectivity index (χ1) is 6.75. The number of rotatable bonds is 1. The number of nitrogen functional groups attached to an aromatic ring is 2. The number of piperazine rings is 1. The van der Waals surface area contributed by atoms with Gasteiger partial charge in [-0.1, -0.05) is 0 Å². The molecule has 1 aliphatic heterocycles. The lowest BCUT2D eigenvalue weighted by Gasteiger charge is -2.27. The van der Waals surface area contributed by atoms with Crippen LogP contribution in [0.25, 0.3) is 0 Å². The van der Waals surface area contributed by atoms with Gasteiger partial charge in [-0.3, -0.25) is 0 Å². The van der Waals surface area contributed by atoms with Crippen LogP contribution < -0.4 is 21.7 Å². The molecule has 0 aromatic carbocycles. The molecule has 1 aliphatic rings. The van der Waals surface area contributed by atoms with E-state index in [0.29, 0.717) is 17.6 Å². The Morgan fingerprint density at radius 2 is 1.71 bits per heavy atom. The summed E-state index contributed by atoms with van der Waals surface area (Å²) in [6, 6.07) is 1.56. The Bertz CT molecular complexity index is 299. The van der Waals surface area contributed by atoms with Crippen molar-refractivity contribution in [3.05, 3.63) is 6.07 Å². The number of hydrogen-bond donors (Lipinski definition) is 3. The minimum atomic E-state index is 0.422. The van der Waals surface area contributed by atoms with Gasteiger partial charge in [0.1, 0.15) is 11.6 Å². The molecule has 0 radical (unpaired) electrons. The molecule has 1 aromatic heterocycles. The first-order valence-electron chi connectivity index (χ1n) is 4.61. The normalized spacial score (nSPS) is 17.0. The number of anilines is 3. The van der Waals surface area contributed by atoms with E-state index in [2.05, 4.69) is 20.2 Å². The summed E-state index contributed by atoms with van der Waals surface area (Å²) in [4.78, 5) is 10.4. The molecule has 2 heterocycles. The molecule has 0 atom stereocenters. The van der Waals surface area contributed by atoms with Crippen molar-refractivity contribution in [3.8, 4) is 0 Å². The topological polar surface area (TPSA) is 93.1 Å². The van der Waals surface area contributed by atoms with Gasteiger partial charge < -0.3 is 21.7 Å². The molecule has 0 aliphatic carbocycles. The van der Waals surface area contributed by atoms with Crippen LogP contribution in [-0.4, -0.2) is 36.1 Å². The Morgan fingerprint density at radius 3 is 2.29 bits per heavy atom. The fraction of sp³-hybridized carbons (Fsp3) is 0.500. The van der Waals surface area contributed by atoms with E-state index in [1.807, 2.05) is 0 Å². The van der Waals surface area contributed by atoms with Crippen molar-refractivity contribution in [2.45, 2.75) is 0 Å². The molecule has 1 aromatic rings. The lowest BCUT2D eigenvalue weighted by molar-refractivity contribution is 0.580. The van der Waals surface area contributed by atoms with Gasteiger partial charge in [-0.2, -0.15) is 9.97 Å². The van der Waals surface area contributed by atoms with E-state index in [1.54, 1.807) is 6.07 Å². The maximum atomic E-state index is 5.59. The maximum Gasteiger partial charge on any atom is 0.229 e. The summed E-state index contributed by atoms with van der Waals surface area (Å²) in [6.45, 7) is 3.67. The lowest BCUT2D eigenvalue weighted by atomic mass is 10.4. The Kier molecular flexibility index (Phi) is 2.36. The van der Waals surface area contributed by atoms with E-state index < -0.39 is 0 Å². The molecule has 1 saturated heterocycles. The third kappa shape index (κ3) is 1.85. The fourth-order valence-corrected chi connectivity index (χ4v) is 1.48. The highest BCUT2D eigenvalue weighted by atomic mass is 15.3. The van der Waals surface area contributed by atoms with Crippen molar-refractivity contribution < 1.29 is 0 Å². The summed E-state index contributed by atoms with van der Waals surface area (Å²) >= 11 is 0. The summed E-state index contributed by atoms with van der Waals surface area (Å²) in [5.74, 6) is 1.47. The second-order valence-electron chi connectivity index (χ2n) is 3.25. The zero-order valence-electron chi connectivity index (χ0n) is 7.90. The number of aromatic nitrogens is 2. The van der Waals surface area contributed by atoms with Gasteiger partial charge >= 0.3 is 0 Å². The smallest absolute Gasteiger partial charge is 0.229 e. The molecule has 6 heteroatoms. The maximum absolute atomic E-state index is 5.59. The molecule has 0 unspecified atom stereocenters. The molecule has 0 spiro atoms. The van der Waals surface area contributed by atoms with Crippen LogP contribution in [0.5, 0.6) is 0 Å². The van der Waals surface area contributed by atoms with E-state index in [0.717, 1.165) is 26.2 Å². The monoisotopic (exact) mass is 194 g/mol. The second kappa shape index (κ2) is 3.67. The number of nitrogens with one attached hydrogen (secondary N) is 1. The van der Waals surface area contributed by atoms with Gasteiger partial charge in [0.15, 0.2) is 0 Å². The van der Waals surface area contributed by atoms with Gasteiger partial charge in [0.05, 0.1) is 0 Å². The Hall–Kier alpha value is -1.56. The zero-order valence-corrected chi connectivity index (χ0v) is 7.90. The first-order valence-corrected chi connectivity index (χ1v) is 4.61. The number of nitrogens with zero attached hydrogens (tertiary/aromatic N) is 3. The highest BCUT2D eigenvalue weighted by Gasteiger charge is 2.13. The van der Waals surface area contributed by atoms with Gasteiger partial charge in [0.25, 0.3) is 0 Å². The van der Waals surface area contributed by atoms with Crippen LogP contribution in [0.4, 0.5) is 17.6 Å². The standard InChI is InChI=1S/C8H14N6/c9-6-5-7(10)13-8(12-6)14-3-1-11-2-4-14/h5,11H,1-4H2,(H4,9,10,12,13). The van der Waals surface area contributed by atoms with Gasteiger partial charge in [-0.05, 0) is 0 Å². The highest BCUT2D eigenvalue weighted by molar-refractivity contribution is 5.48. The van der Waals surface area contributed by atoms with E-state index in [4.69, 9.17) is 11.5 Å². The molecule has 2 rings (SSSR count). The minimum absolute atomic E-state index is 0.422. The van der Waals surface area contributed by atoms with Crippen LogP contribution in [0.2, 0.25) is 0 Å². The molecule has 76 valence electrons. The number of hydrogen-bond acceptors (Lipinski definition) is 6. The van der Waals surface area contributed by atoms with Crippen molar-refractivity contribution in [1.82, 2.24) is 15.3 Å². The first kappa shape index (κ1) is 9.01. The molecule has 0 saturated carbocycles. The summed E-state index contributed by atoms with van der Waals surface area (Å²) in [5, 5.41) is 3.25. The van der Waals surface area contributed by atoms with E-state index in [1.165, 1.54) is 0 Å². The molecule has 0 bridgehead atoms. The van der Waals surface area contributed by atoms with Gasteiger partial charge in [0.2, 0.25) is 5.95 Å². The lowest BCUT2D eigenvalue weighted by Crippen LogP contribution is -2.44. The van der Waals surface area contributed by atoms with Gasteiger partial charge in [-0.15, -0.1) is 0 Å². The zero-order chi connectivity index (χ0) is 9.97. The van der Waals surface area contributed by atoms with Crippen LogP contribution in [0.1, 0.15) is 0 Å². The average Bonchev–Trinajstić information content (AvgIpc) is 2.18. The van der Waals surface area contributed by atoms with Crippen molar-refractivity contribution in [3.63, 3.8) is 0 Å². The summed E-state index contributed by atoms with van der Waals surface area (Å²) in [5.41, 5.74) is 11.2. The molecule has 1 fully saturated rings. The largest absolute Gasteiger partial charge is 0.383 e. The minimum Gasteiger partial charge on any atom is -0.383 e. The van der Waals surface area contributed by atoms with Crippen LogP contribution in [0, 0.1) is 0 Å². The third-order valence-corrected chi connectivity index (χ3v) is 2.15. The Balaban J connectivity index is 2.21. The quantitative estimate of drug-likeness (QED) is 0.534. The predicted octanol–water partition coefficient (Wildman–Crippen LogP) is -0.949. The Morgan fingerprint density at radius 1 is 1.14 bits per heavy atom. The van der Waals surface area contributed by atoms with E-state index in [-0.39, 0.29) is 0 Å². The summed E-state index contributed by atoms with van der Waals surface area (Å²) in [7, 11) is 0. The molecule has 6 nitrogen and oxygen atoms in total. The van der Waals surface area contributed by atoms with Crippen LogP contribution in [0.3, 0.4) is 0 Å². The third-order valence-electron chi connectivity index (χ3n) is 2.15. The van der Waals surface area contributed by atoms with Gasteiger partial charge in [0, 0.05) is 32.2 Å². The summed E-state index contributed by atoms with van der Waals surface area (Å²) < 4.78 is 0. The van der Waals surface area contributed by atoms with E-state index in [9.17, 15) is 0 Å². The van der Waals surface area contributed by atoms with Crippen molar-refractivity contribution in [1.29, 1.82) is 0 Å². The molecule has 5 N–H and O–H groups in total. The average molecular weight is 194 g/mol. The van der Waals surface area contributed by atoms with Crippen molar-refractivity contribution in [2.24, 2.45) is 0 Å². The second-order valence-corrected chi connectivity index (χ2v) is 3.25. The number of nitrogens with two attached hydrogens (primary N) is 2. The van der Waals surface area contributed by atoms with Crippen LogP contribution >= 0.6 is 0 Å². The fourth-order valence-electron chi connectivity index (χ4n) is 1.48. The molecular weight excluding hydrogens is 180 g/mol. The highest BCUT2D eigenvalue weighted by Crippen LogP contribution is 2.13. The van der Waals surface area contributed by atoms with E-state index >= 15 is 0 Å². The van der Waals surface area contributed by atoms with Crippen LogP contribution in [0.15, 0.2) is 6.07 Å². The van der Waals surface area contributed by atoms with Gasteiger partial charge in [-0.25, -0.2) is 0 Å². The molecule has 0 amide bonds. The summed E-state index contributed by atoms with van der Waals surface area (Å²) in [6.07, 6.45) is 0. The molecule has 14 heavy (non-hydrogen) atoms. The van der Waals surface area contributed by atoms with Crippen LogP contribution in [-0.2, 0) is 0 Å². The SMILES string of the molecule is Nc1cc(N)nc(N2CCNCC2)n1. The van der Waals surface area contributed by atoms with Crippen molar-refractivity contribution in [2.75, 3.05) is 42.5 Å². The predicted molar refractivity (Wildman–Crippen MR) is 55.9 cm³/mol. The molecular formula is C8H14N6. The Labute approximate surface area is 82.3 Å². The van der Waals surface area contributed by atoms with Crippen molar-refractivity contribution >= 4 is 17.6 Å².